The number of nitrogens with one attached hydrogen (secondary N) is 1. The van der Waals surface area contributed by atoms with E-state index in [-0.39, 0.29) is 6.04 Å². The van der Waals surface area contributed by atoms with Gasteiger partial charge in [-0.05, 0) is 37.4 Å². The van der Waals surface area contributed by atoms with E-state index in [9.17, 15) is 0 Å². The van der Waals surface area contributed by atoms with Gasteiger partial charge >= 0.3 is 0 Å². The van der Waals surface area contributed by atoms with Crippen molar-refractivity contribution >= 4 is 0 Å². The van der Waals surface area contributed by atoms with E-state index in [4.69, 9.17) is 4.52 Å². The van der Waals surface area contributed by atoms with Gasteiger partial charge in [0, 0.05) is 25.8 Å². The zero-order valence-electron chi connectivity index (χ0n) is 12.1. The largest absolute Gasteiger partial charge is 0.332 e. The molecule has 0 amide bonds. The van der Waals surface area contributed by atoms with E-state index >= 15 is 0 Å². The maximum atomic E-state index is 5.39. The molecule has 1 saturated heterocycles. The highest BCUT2D eigenvalue weighted by Crippen LogP contribution is 2.39. The zero-order valence-corrected chi connectivity index (χ0v) is 12.1. The third-order valence-electron chi connectivity index (χ3n) is 4.31. The van der Waals surface area contributed by atoms with E-state index in [0.717, 1.165) is 31.2 Å². The molecule has 0 radical (unpaired) electrons. The molecule has 1 saturated carbocycles. The Hall–Kier alpha value is -1.79. The Kier molecular flexibility index (Phi) is 3.20. The minimum atomic E-state index is 0.169. The fourth-order valence-corrected chi connectivity index (χ4v) is 2.76. The molecule has 1 aliphatic carbocycles. The molecule has 0 aromatic carbocycles. The molecule has 6 heteroatoms. The molecule has 0 spiro atoms. The molecule has 2 aromatic rings. The molecule has 3 heterocycles. The van der Waals surface area contributed by atoms with Gasteiger partial charge in [-0.15, -0.1) is 0 Å². The summed E-state index contributed by atoms with van der Waals surface area (Å²) < 4.78 is 5.39. The van der Waals surface area contributed by atoms with E-state index in [1.165, 1.54) is 18.4 Å². The molecule has 6 nitrogen and oxygen atoms in total. The maximum absolute atomic E-state index is 5.39. The van der Waals surface area contributed by atoms with Gasteiger partial charge < -0.3 is 9.84 Å². The van der Waals surface area contributed by atoms with E-state index in [1.54, 1.807) is 0 Å². The number of hydrogen-bond donors (Lipinski definition) is 1. The number of hydrogen-bond acceptors (Lipinski definition) is 6. The monoisotopic (exact) mass is 285 g/mol. The zero-order chi connectivity index (χ0) is 14.2. The maximum Gasteiger partial charge on any atom is 0.276 e. The van der Waals surface area contributed by atoms with Crippen molar-refractivity contribution in [2.24, 2.45) is 0 Å². The molecule has 2 fully saturated rings. The van der Waals surface area contributed by atoms with Crippen molar-refractivity contribution in [3.63, 3.8) is 0 Å². The fourth-order valence-electron chi connectivity index (χ4n) is 2.76. The van der Waals surface area contributed by atoms with E-state index in [2.05, 4.69) is 38.5 Å². The predicted octanol–water partition coefficient (Wildman–Crippen LogP) is 1.59. The first kappa shape index (κ1) is 12.9. The van der Waals surface area contributed by atoms with Crippen LogP contribution in [0.25, 0.3) is 11.6 Å². The number of rotatable bonds is 3. The first-order valence-electron chi connectivity index (χ1n) is 7.52. The molecule has 1 unspecified atom stereocenters. The molecule has 1 atom stereocenters. The summed E-state index contributed by atoms with van der Waals surface area (Å²) in [7, 11) is 2.09. The number of piperazine rings is 1. The number of likely N-dealkylation sites (N-methyl/N-ethyl adjacent to an activating group) is 1. The molecule has 110 valence electrons. The predicted molar refractivity (Wildman–Crippen MR) is 77.7 cm³/mol. The van der Waals surface area contributed by atoms with Crippen LogP contribution in [0.4, 0.5) is 0 Å². The quantitative estimate of drug-likeness (QED) is 0.923. The van der Waals surface area contributed by atoms with Crippen molar-refractivity contribution in [1.29, 1.82) is 0 Å². The second-order valence-electron chi connectivity index (χ2n) is 5.91. The number of pyridine rings is 1. The summed E-state index contributed by atoms with van der Waals surface area (Å²) in [5.41, 5.74) is 2.07. The molecular formula is C15H19N5O. The third-order valence-corrected chi connectivity index (χ3v) is 4.31. The van der Waals surface area contributed by atoms with Crippen molar-refractivity contribution in [2.75, 3.05) is 26.7 Å². The van der Waals surface area contributed by atoms with Crippen molar-refractivity contribution in [2.45, 2.75) is 24.8 Å². The second kappa shape index (κ2) is 5.20. The van der Waals surface area contributed by atoms with Crippen LogP contribution in [0.5, 0.6) is 0 Å². The SMILES string of the molecule is CN1CCNCC1c1noc(-c2ccc(C3CC3)cn2)n1. The number of aromatic nitrogens is 3. The molecular weight excluding hydrogens is 266 g/mol. The lowest BCUT2D eigenvalue weighted by molar-refractivity contribution is 0.190. The van der Waals surface area contributed by atoms with Crippen LogP contribution in [0.2, 0.25) is 0 Å². The van der Waals surface area contributed by atoms with Crippen LogP contribution in [0.1, 0.15) is 36.2 Å². The van der Waals surface area contributed by atoms with Gasteiger partial charge in [0.2, 0.25) is 0 Å². The molecule has 0 bridgehead atoms. The summed E-state index contributed by atoms with van der Waals surface area (Å²) in [5.74, 6) is 1.95. The lowest BCUT2D eigenvalue weighted by Crippen LogP contribution is -2.44. The van der Waals surface area contributed by atoms with Crippen molar-refractivity contribution in [1.82, 2.24) is 25.3 Å². The Morgan fingerprint density at radius 1 is 1.33 bits per heavy atom. The van der Waals surface area contributed by atoms with Crippen LogP contribution < -0.4 is 5.32 Å². The summed E-state index contributed by atoms with van der Waals surface area (Å²) in [4.78, 5) is 11.2. The average molecular weight is 285 g/mol. The highest BCUT2D eigenvalue weighted by Gasteiger charge is 2.26. The van der Waals surface area contributed by atoms with E-state index < -0.39 is 0 Å². The van der Waals surface area contributed by atoms with Crippen LogP contribution in [0.3, 0.4) is 0 Å². The summed E-state index contributed by atoms with van der Waals surface area (Å²) >= 11 is 0. The normalized spacial score (nSPS) is 23.4. The second-order valence-corrected chi connectivity index (χ2v) is 5.91. The topological polar surface area (TPSA) is 67.1 Å². The first-order valence-corrected chi connectivity index (χ1v) is 7.52. The van der Waals surface area contributed by atoms with Crippen molar-refractivity contribution in [3.05, 3.63) is 29.7 Å². The van der Waals surface area contributed by atoms with Crippen molar-refractivity contribution in [3.8, 4) is 11.6 Å². The van der Waals surface area contributed by atoms with Gasteiger partial charge in [0.1, 0.15) is 5.69 Å². The Bertz CT molecular complexity index is 619. The molecule has 2 aliphatic rings. The Labute approximate surface area is 123 Å². The highest BCUT2D eigenvalue weighted by atomic mass is 16.5. The van der Waals surface area contributed by atoms with Crippen LogP contribution in [0.15, 0.2) is 22.9 Å². The standard InChI is InChI=1S/C15H19N5O/c1-20-7-6-16-9-13(20)14-18-15(21-19-14)12-5-4-11(8-17-12)10-2-3-10/h4-5,8,10,13,16H,2-3,6-7,9H2,1H3. The van der Waals surface area contributed by atoms with Crippen LogP contribution in [0, 0.1) is 0 Å². The summed E-state index contributed by atoms with van der Waals surface area (Å²) in [6.07, 6.45) is 4.50. The van der Waals surface area contributed by atoms with Gasteiger partial charge in [-0.3, -0.25) is 9.88 Å². The van der Waals surface area contributed by atoms with Gasteiger partial charge in [0.25, 0.3) is 5.89 Å². The Morgan fingerprint density at radius 3 is 2.95 bits per heavy atom. The lowest BCUT2D eigenvalue weighted by atomic mass is 10.2. The van der Waals surface area contributed by atoms with E-state index in [0.29, 0.717) is 11.8 Å². The third kappa shape index (κ3) is 2.56. The van der Waals surface area contributed by atoms with E-state index in [1.807, 2.05) is 12.3 Å². The molecule has 4 rings (SSSR count). The average Bonchev–Trinajstić information content (AvgIpc) is 3.26. The number of nitrogens with zero attached hydrogens (tertiary/aromatic N) is 4. The van der Waals surface area contributed by atoms with Crippen LogP contribution in [-0.2, 0) is 0 Å². The van der Waals surface area contributed by atoms with Crippen LogP contribution >= 0.6 is 0 Å². The van der Waals surface area contributed by atoms with Gasteiger partial charge in [-0.2, -0.15) is 4.98 Å². The fraction of sp³-hybridized carbons (Fsp3) is 0.533. The molecule has 1 aliphatic heterocycles. The van der Waals surface area contributed by atoms with Gasteiger partial charge in [-0.1, -0.05) is 11.2 Å². The van der Waals surface area contributed by atoms with Crippen LogP contribution in [-0.4, -0.2) is 46.7 Å². The molecule has 1 N–H and O–H groups in total. The highest BCUT2D eigenvalue weighted by molar-refractivity contribution is 5.47. The summed E-state index contributed by atoms with van der Waals surface area (Å²) in [5, 5.41) is 7.49. The minimum Gasteiger partial charge on any atom is -0.332 e. The van der Waals surface area contributed by atoms with Gasteiger partial charge in [-0.25, -0.2) is 0 Å². The first-order chi connectivity index (χ1) is 10.3. The summed E-state index contributed by atoms with van der Waals surface area (Å²) in [6.45, 7) is 2.84. The molecule has 2 aromatic heterocycles. The Balaban J connectivity index is 1.55. The van der Waals surface area contributed by atoms with Crippen molar-refractivity contribution < 1.29 is 4.52 Å². The smallest absolute Gasteiger partial charge is 0.276 e. The summed E-state index contributed by atoms with van der Waals surface area (Å²) in [6, 6.07) is 4.27. The lowest BCUT2D eigenvalue weighted by Gasteiger charge is -2.30. The van der Waals surface area contributed by atoms with Gasteiger partial charge in [0.15, 0.2) is 5.82 Å². The molecule has 21 heavy (non-hydrogen) atoms. The minimum absolute atomic E-state index is 0.169. The van der Waals surface area contributed by atoms with Gasteiger partial charge in [0.05, 0.1) is 6.04 Å². The Morgan fingerprint density at radius 2 is 2.24 bits per heavy atom.